The second-order valence-electron chi connectivity index (χ2n) is 2.11. The molecule has 56 valence electrons. The molecule has 0 radical (unpaired) electrons. The zero-order chi connectivity index (χ0) is 7.56. The van der Waals surface area contributed by atoms with Crippen molar-refractivity contribution in [3.8, 4) is 0 Å². The highest BCUT2D eigenvalue weighted by Crippen LogP contribution is 2.10. The van der Waals surface area contributed by atoms with Crippen LogP contribution in [0.3, 0.4) is 0 Å². The maximum Gasteiger partial charge on any atom is 0.186 e. The quantitative estimate of drug-likeness (QED) is 0.544. The maximum atomic E-state index is 10.4. The molecule has 0 heterocycles. The summed E-state index contributed by atoms with van der Waals surface area (Å²) in [6.07, 6.45) is 5.65. The Balaban J connectivity index is 2.67. The van der Waals surface area contributed by atoms with Crippen molar-refractivity contribution < 1.29 is 8.76 Å². The molecular formula is C6H9NO2S. The highest BCUT2D eigenvalue weighted by Gasteiger charge is 2.06. The van der Waals surface area contributed by atoms with Crippen LogP contribution in [-0.2, 0) is 11.1 Å². The SMILES string of the molecule is NC1C=CC(S(=O)O)=CC1. The number of hydrogen-bond acceptors (Lipinski definition) is 2. The van der Waals surface area contributed by atoms with Gasteiger partial charge in [0.15, 0.2) is 11.1 Å². The molecule has 0 bridgehead atoms. The largest absolute Gasteiger partial charge is 0.324 e. The summed E-state index contributed by atoms with van der Waals surface area (Å²) >= 11 is -1.85. The predicted octanol–water partition coefficient (Wildman–Crippen LogP) is 0.379. The van der Waals surface area contributed by atoms with Crippen molar-refractivity contribution in [3.63, 3.8) is 0 Å². The summed E-state index contributed by atoms with van der Waals surface area (Å²) in [4.78, 5) is 0.446. The summed E-state index contributed by atoms with van der Waals surface area (Å²) in [5.41, 5.74) is 5.49. The molecule has 0 saturated carbocycles. The Morgan fingerprint density at radius 1 is 1.80 bits per heavy atom. The molecule has 10 heavy (non-hydrogen) atoms. The summed E-state index contributed by atoms with van der Waals surface area (Å²) < 4.78 is 19.0. The zero-order valence-corrected chi connectivity index (χ0v) is 6.17. The van der Waals surface area contributed by atoms with E-state index < -0.39 is 11.1 Å². The first-order chi connectivity index (χ1) is 4.70. The molecule has 1 rings (SSSR count). The molecule has 3 nitrogen and oxygen atoms in total. The van der Waals surface area contributed by atoms with Crippen molar-refractivity contribution in [1.82, 2.24) is 0 Å². The molecule has 3 N–H and O–H groups in total. The van der Waals surface area contributed by atoms with Crippen LogP contribution in [-0.4, -0.2) is 14.8 Å². The Morgan fingerprint density at radius 3 is 2.90 bits per heavy atom. The molecule has 2 unspecified atom stereocenters. The van der Waals surface area contributed by atoms with Gasteiger partial charge in [-0.25, -0.2) is 4.21 Å². The molecule has 2 atom stereocenters. The number of nitrogens with two attached hydrogens (primary N) is 1. The Bertz CT molecular complexity index is 210. The second kappa shape index (κ2) is 3.09. The van der Waals surface area contributed by atoms with Gasteiger partial charge in [0.1, 0.15) is 0 Å². The van der Waals surface area contributed by atoms with Crippen LogP contribution < -0.4 is 5.73 Å². The van der Waals surface area contributed by atoms with Crippen LogP contribution in [0.5, 0.6) is 0 Å². The summed E-state index contributed by atoms with van der Waals surface area (Å²) in [6, 6.07) is 0.00676. The smallest absolute Gasteiger partial charge is 0.186 e. The van der Waals surface area contributed by atoms with Crippen LogP contribution in [0.1, 0.15) is 6.42 Å². The minimum atomic E-state index is -1.85. The second-order valence-corrected chi connectivity index (χ2v) is 3.08. The molecule has 0 aromatic rings. The molecule has 0 saturated heterocycles. The fourth-order valence-corrected chi connectivity index (χ4v) is 1.18. The normalized spacial score (nSPS) is 27.8. The Labute approximate surface area is 61.9 Å². The third-order valence-electron chi connectivity index (χ3n) is 1.30. The lowest BCUT2D eigenvalue weighted by Gasteiger charge is -2.07. The first kappa shape index (κ1) is 7.65. The molecular weight excluding hydrogens is 150 g/mol. The molecule has 1 aliphatic carbocycles. The first-order valence-corrected chi connectivity index (χ1v) is 4.05. The van der Waals surface area contributed by atoms with Gasteiger partial charge in [0.2, 0.25) is 0 Å². The summed E-state index contributed by atoms with van der Waals surface area (Å²) in [5, 5.41) is 0. The predicted molar refractivity (Wildman–Crippen MR) is 40.6 cm³/mol. The van der Waals surface area contributed by atoms with Gasteiger partial charge in [-0.1, -0.05) is 12.2 Å². The van der Waals surface area contributed by atoms with E-state index in [2.05, 4.69) is 0 Å². The van der Waals surface area contributed by atoms with E-state index in [9.17, 15) is 4.21 Å². The van der Waals surface area contributed by atoms with Gasteiger partial charge in [-0.3, -0.25) is 0 Å². The van der Waals surface area contributed by atoms with E-state index in [1.807, 2.05) is 0 Å². The zero-order valence-electron chi connectivity index (χ0n) is 5.36. The van der Waals surface area contributed by atoms with Crippen molar-refractivity contribution in [2.75, 3.05) is 0 Å². The van der Waals surface area contributed by atoms with Gasteiger partial charge in [-0.2, -0.15) is 0 Å². The maximum absolute atomic E-state index is 10.4. The fourth-order valence-electron chi connectivity index (χ4n) is 0.747. The van der Waals surface area contributed by atoms with Gasteiger partial charge in [-0.05, 0) is 12.5 Å². The summed E-state index contributed by atoms with van der Waals surface area (Å²) in [7, 11) is 0. The minimum Gasteiger partial charge on any atom is -0.324 e. The van der Waals surface area contributed by atoms with Gasteiger partial charge in [0, 0.05) is 6.04 Å². The van der Waals surface area contributed by atoms with Crippen molar-refractivity contribution in [3.05, 3.63) is 23.1 Å². The average molecular weight is 159 g/mol. The van der Waals surface area contributed by atoms with Gasteiger partial charge in [0.25, 0.3) is 0 Å². The van der Waals surface area contributed by atoms with Gasteiger partial charge in [-0.15, -0.1) is 0 Å². The highest BCUT2D eigenvalue weighted by atomic mass is 32.2. The lowest BCUT2D eigenvalue weighted by molar-refractivity contribution is 0.571. The van der Waals surface area contributed by atoms with E-state index >= 15 is 0 Å². The van der Waals surface area contributed by atoms with Crippen molar-refractivity contribution in [2.45, 2.75) is 12.5 Å². The molecule has 0 fully saturated rings. The minimum absolute atomic E-state index is 0.00676. The third kappa shape index (κ3) is 1.76. The van der Waals surface area contributed by atoms with Gasteiger partial charge < -0.3 is 10.3 Å². The molecule has 0 aliphatic heterocycles. The average Bonchev–Trinajstić information content (AvgIpc) is 1.88. The Morgan fingerprint density at radius 2 is 2.50 bits per heavy atom. The van der Waals surface area contributed by atoms with Gasteiger partial charge in [0.05, 0.1) is 4.91 Å². The number of allylic oxidation sites excluding steroid dienone is 1. The van der Waals surface area contributed by atoms with E-state index in [0.29, 0.717) is 11.3 Å². The van der Waals surface area contributed by atoms with E-state index in [-0.39, 0.29) is 6.04 Å². The van der Waals surface area contributed by atoms with Crippen LogP contribution in [0.2, 0.25) is 0 Å². The van der Waals surface area contributed by atoms with Crippen LogP contribution >= 0.6 is 0 Å². The molecule has 1 aliphatic rings. The fraction of sp³-hybridized carbons (Fsp3) is 0.333. The lowest BCUT2D eigenvalue weighted by Crippen LogP contribution is -2.18. The number of rotatable bonds is 1. The van der Waals surface area contributed by atoms with Crippen LogP contribution in [0.4, 0.5) is 0 Å². The Hall–Kier alpha value is -0.450. The Kier molecular flexibility index (Phi) is 2.37. The molecule has 0 aromatic heterocycles. The molecule has 0 amide bonds. The van der Waals surface area contributed by atoms with Crippen molar-refractivity contribution >= 4 is 11.1 Å². The first-order valence-electron chi connectivity index (χ1n) is 2.95. The van der Waals surface area contributed by atoms with Crippen LogP contribution in [0.15, 0.2) is 23.1 Å². The van der Waals surface area contributed by atoms with Gasteiger partial charge >= 0.3 is 0 Å². The summed E-state index contributed by atoms with van der Waals surface area (Å²) in [6.45, 7) is 0. The van der Waals surface area contributed by atoms with Crippen molar-refractivity contribution in [2.24, 2.45) is 5.73 Å². The molecule has 4 heteroatoms. The lowest BCUT2D eigenvalue weighted by atomic mass is 10.1. The van der Waals surface area contributed by atoms with E-state index in [4.69, 9.17) is 10.3 Å². The van der Waals surface area contributed by atoms with E-state index in [0.717, 1.165) is 0 Å². The van der Waals surface area contributed by atoms with E-state index in [1.54, 1.807) is 18.2 Å². The standard InChI is InChI=1S/C6H9NO2S/c7-5-1-3-6(4-2-5)10(8)9/h1,3-5H,2,7H2,(H,8,9). The van der Waals surface area contributed by atoms with E-state index in [1.165, 1.54) is 0 Å². The summed E-state index contributed by atoms with van der Waals surface area (Å²) in [5.74, 6) is 0. The van der Waals surface area contributed by atoms with Crippen molar-refractivity contribution in [1.29, 1.82) is 0 Å². The third-order valence-corrected chi connectivity index (χ3v) is 2.01. The molecule has 0 aromatic carbocycles. The highest BCUT2D eigenvalue weighted by molar-refractivity contribution is 7.83. The van der Waals surface area contributed by atoms with Crippen LogP contribution in [0, 0.1) is 0 Å². The number of hydrogen-bond donors (Lipinski definition) is 2. The molecule has 0 spiro atoms. The monoisotopic (exact) mass is 159 g/mol. The van der Waals surface area contributed by atoms with Crippen LogP contribution in [0.25, 0.3) is 0 Å². The topological polar surface area (TPSA) is 63.3 Å².